The molecule has 0 aromatic heterocycles. The molecule has 0 bridgehead atoms. The summed E-state index contributed by atoms with van der Waals surface area (Å²) in [5.74, 6) is -0.206. The summed E-state index contributed by atoms with van der Waals surface area (Å²) in [4.78, 5) is 34.9. The number of carbonyl (C=O) groups excluding carboxylic acids is 2. The van der Waals surface area contributed by atoms with Crippen molar-refractivity contribution in [1.29, 1.82) is 0 Å². The summed E-state index contributed by atoms with van der Waals surface area (Å²) in [6.45, 7) is 13.6. The standard InChI is InChI=1S/C21H39N5O4/c1-17(2)25-12-8-23(9-13-25)7-5-6-18-20(30-21(28)22(18)3)26-14-10-24(11-15-26)16-19(27)29-4/h17-18,20H,5-16H2,1-4H3. The highest BCUT2D eigenvalue weighted by Crippen LogP contribution is 2.26. The van der Waals surface area contributed by atoms with Gasteiger partial charge in [0.2, 0.25) is 0 Å². The molecule has 2 unspecified atom stereocenters. The summed E-state index contributed by atoms with van der Waals surface area (Å²) in [7, 11) is 3.27. The lowest BCUT2D eigenvalue weighted by atomic mass is 10.1. The Morgan fingerprint density at radius 2 is 1.70 bits per heavy atom. The van der Waals surface area contributed by atoms with Crippen LogP contribution in [0.25, 0.3) is 0 Å². The number of carbonyl (C=O) groups is 2. The lowest BCUT2D eigenvalue weighted by Crippen LogP contribution is -2.54. The van der Waals surface area contributed by atoms with Crippen molar-refractivity contribution in [2.45, 2.75) is 45.0 Å². The first-order valence-electron chi connectivity index (χ1n) is 11.3. The Labute approximate surface area is 180 Å². The first kappa shape index (κ1) is 23.2. The van der Waals surface area contributed by atoms with E-state index >= 15 is 0 Å². The highest BCUT2D eigenvalue weighted by Gasteiger charge is 2.43. The van der Waals surface area contributed by atoms with Gasteiger partial charge < -0.3 is 19.3 Å². The van der Waals surface area contributed by atoms with Crippen LogP contribution in [0, 0.1) is 0 Å². The Bertz CT molecular complexity index is 574. The van der Waals surface area contributed by atoms with E-state index in [2.05, 4.69) is 33.4 Å². The zero-order valence-electron chi connectivity index (χ0n) is 19.1. The first-order chi connectivity index (χ1) is 14.4. The summed E-state index contributed by atoms with van der Waals surface area (Å²) >= 11 is 0. The Balaban J connectivity index is 1.44. The van der Waals surface area contributed by atoms with Gasteiger partial charge in [0.05, 0.1) is 19.7 Å². The number of rotatable bonds is 8. The van der Waals surface area contributed by atoms with E-state index in [1.807, 2.05) is 7.05 Å². The largest absolute Gasteiger partial charge is 0.468 e. The number of nitrogens with zero attached hydrogens (tertiary/aromatic N) is 5. The van der Waals surface area contributed by atoms with E-state index in [-0.39, 0.29) is 24.3 Å². The molecule has 0 spiro atoms. The minimum absolute atomic E-state index is 0.0848. The molecule has 3 aliphatic heterocycles. The molecule has 0 aromatic carbocycles. The third-order valence-corrected chi connectivity index (χ3v) is 6.79. The van der Waals surface area contributed by atoms with Gasteiger partial charge in [0.1, 0.15) is 0 Å². The molecule has 3 fully saturated rings. The van der Waals surface area contributed by atoms with Crippen LogP contribution < -0.4 is 0 Å². The number of hydrogen-bond acceptors (Lipinski definition) is 8. The van der Waals surface area contributed by atoms with Crippen LogP contribution in [0.3, 0.4) is 0 Å². The molecular weight excluding hydrogens is 386 g/mol. The molecule has 30 heavy (non-hydrogen) atoms. The zero-order chi connectivity index (χ0) is 21.7. The predicted octanol–water partition coefficient (Wildman–Crippen LogP) is 0.360. The second kappa shape index (κ2) is 10.7. The maximum absolute atomic E-state index is 12.2. The van der Waals surface area contributed by atoms with E-state index < -0.39 is 0 Å². The Morgan fingerprint density at radius 1 is 1.07 bits per heavy atom. The second-order valence-corrected chi connectivity index (χ2v) is 8.95. The van der Waals surface area contributed by atoms with Gasteiger partial charge in [0, 0.05) is 65.4 Å². The van der Waals surface area contributed by atoms with Crippen molar-refractivity contribution >= 4 is 12.1 Å². The van der Waals surface area contributed by atoms with Crippen molar-refractivity contribution in [3.05, 3.63) is 0 Å². The van der Waals surface area contributed by atoms with Gasteiger partial charge in [-0.3, -0.25) is 19.5 Å². The molecule has 0 aromatic rings. The molecule has 3 aliphatic rings. The van der Waals surface area contributed by atoms with Crippen LogP contribution in [0.15, 0.2) is 0 Å². The molecule has 9 heteroatoms. The van der Waals surface area contributed by atoms with Gasteiger partial charge in [-0.15, -0.1) is 0 Å². The monoisotopic (exact) mass is 425 g/mol. The maximum atomic E-state index is 12.2. The quantitative estimate of drug-likeness (QED) is 0.517. The molecule has 0 radical (unpaired) electrons. The third-order valence-electron chi connectivity index (χ3n) is 6.79. The van der Waals surface area contributed by atoms with Crippen LogP contribution in [-0.4, -0.2) is 134 Å². The summed E-state index contributed by atoms with van der Waals surface area (Å²) in [6, 6.07) is 0.706. The van der Waals surface area contributed by atoms with Crippen molar-refractivity contribution in [3.8, 4) is 0 Å². The molecule has 1 amide bonds. The van der Waals surface area contributed by atoms with Gasteiger partial charge in [-0.1, -0.05) is 0 Å². The number of hydrogen-bond donors (Lipinski definition) is 0. The molecule has 9 nitrogen and oxygen atoms in total. The SMILES string of the molecule is COC(=O)CN1CCN(C2OC(=O)N(C)C2CCCN2CCN(C(C)C)CC2)CC1. The van der Waals surface area contributed by atoms with Crippen LogP contribution >= 0.6 is 0 Å². The Hall–Kier alpha value is -1.42. The summed E-state index contributed by atoms with van der Waals surface area (Å²) in [5, 5.41) is 0. The van der Waals surface area contributed by atoms with E-state index in [1.54, 1.807) is 4.90 Å². The first-order valence-corrected chi connectivity index (χ1v) is 11.3. The lowest BCUT2D eigenvalue weighted by molar-refractivity contribution is -0.142. The highest BCUT2D eigenvalue weighted by atomic mass is 16.6. The van der Waals surface area contributed by atoms with E-state index in [0.29, 0.717) is 12.6 Å². The number of amides is 1. The molecule has 172 valence electrons. The number of cyclic esters (lactones) is 1. The van der Waals surface area contributed by atoms with Crippen molar-refractivity contribution in [1.82, 2.24) is 24.5 Å². The van der Waals surface area contributed by atoms with Gasteiger partial charge >= 0.3 is 12.1 Å². The molecule has 3 rings (SSSR count). The number of esters is 1. The van der Waals surface area contributed by atoms with Crippen LogP contribution in [0.2, 0.25) is 0 Å². The molecule has 2 atom stereocenters. The van der Waals surface area contributed by atoms with Crippen LogP contribution in [0.4, 0.5) is 4.79 Å². The third kappa shape index (κ3) is 5.84. The summed E-state index contributed by atoms with van der Waals surface area (Å²) in [6.07, 6.45) is 1.58. The molecule has 0 saturated carbocycles. The minimum Gasteiger partial charge on any atom is -0.468 e. The molecule has 0 aliphatic carbocycles. The average Bonchev–Trinajstić information content (AvgIpc) is 3.03. The number of methoxy groups -OCH3 is 1. The van der Waals surface area contributed by atoms with Crippen molar-refractivity contribution < 1.29 is 19.1 Å². The summed E-state index contributed by atoms with van der Waals surface area (Å²) < 4.78 is 10.5. The van der Waals surface area contributed by atoms with E-state index in [0.717, 1.165) is 71.7 Å². The predicted molar refractivity (Wildman–Crippen MR) is 114 cm³/mol. The topological polar surface area (TPSA) is 68.8 Å². The van der Waals surface area contributed by atoms with Gasteiger partial charge in [-0.05, 0) is 33.2 Å². The normalized spacial score (nSPS) is 27.6. The zero-order valence-corrected chi connectivity index (χ0v) is 19.1. The summed E-state index contributed by atoms with van der Waals surface area (Å²) in [5.41, 5.74) is 0. The van der Waals surface area contributed by atoms with Crippen LogP contribution in [-0.2, 0) is 14.3 Å². The van der Waals surface area contributed by atoms with Crippen LogP contribution in [0.1, 0.15) is 26.7 Å². The number of piperazine rings is 2. The Kier molecular flexibility index (Phi) is 8.33. The van der Waals surface area contributed by atoms with Crippen molar-refractivity contribution in [2.75, 3.05) is 79.6 Å². The molecular formula is C21H39N5O4. The minimum atomic E-state index is -0.229. The molecule has 3 saturated heterocycles. The van der Waals surface area contributed by atoms with Crippen LogP contribution in [0.5, 0.6) is 0 Å². The van der Waals surface area contributed by atoms with E-state index in [9.17, 15) is 9.59 Å². The van der Waals surface area contributed by atoms with Gasteiger partial charge in [0.25, 0.3) is 0 Å². The fraction of sp³-hybridized carbons (Fsp3) is 0.905. The lowest BCUT2D eigenvalue weighted by Gasteiger charge is -2.39. The number of likely N-dealkylation sites (N-methyl/N-ethyl adjacent to an activating group) is 1. The fourth-order valence-electron chi connectivity index (χ4n) is 4.70. The van der Waals surface area contributed by atoms with Gasteiger partial charge in [-0.25, -0.2) is 4.79 Å². The van der Waals surface area contributed by atoms with E-state index in [4.69, 9.17) is 9.47 Å². The number of ether oxygens (including phenoxy) is 2. The van der Waals surface area contributed by atoms with E-state index in [1.165, 1.54) is 7.11 Å². The molecule has 3 heterocycles. The van der Waals surface area contributed by atoms with Crippen molar-refractivity contribution in [3.63, 3.8) is 0 Å². The maximum Gasteiger partial charge on any atom is 0.411 e. The smallest absolute Gasteiger partial charge is 0.411 e. The van der Waals surface area contributed by atoms with Crippen molar-refractivity contribution in [2.24, 2.45) is 0 Å². The highest BCUT2D eigenvalue weighted by molar-refractivity contribution is 5.71. The van der Waals surface area contributed by atoms with Gasteiger partial charge in [0.15, 0.2) is 6.23 Å². The Morgan fingerprint density at radius 3 is 2.30 bits per heavy atom. The van der Waals surface area contributed by atoms with Gasteiger partial charge in [-0.2, -0.15) is 0 Å². The average molecular weight is 426 g/mol. The second-order valence-electron chi connectivity index (χ2n) is 8.95. The fourth-order valence-corrected chi connectivity index (χ4v) is 4.70. The molecule has 0 N–H and O–H groups in total.